The number of hydrogen-bond acceptors (Lipinski definition) is 8. The summed E-state index contributed by atoms with van der Waals surface area (Å²) in [4.78, 5) is 47.0. The third-order valence-electron chi connectivity index (χ3n) is 13.0. The Morgan fingerprint density at radius 3 is 2.03 bits per heavy atom. The Bertz CT molecular complexity index is 2370. The lowest BCUT2D eigenvalue weighted by Crippen LogP contribution is -2.43. The van der Waals surface area contributed by atoms with E-state index in [4.69, 9.17) is 39.5 Å². The third-order valence-corrected chi connectivity index (χ3v) is 13.7. The van der Waals surface area contributed by atoms with E-state index in [1.807, 2.05) is 67.2 Å². The fourth-order valence-electron chi connectivity index (χ4n) is 9.59. The summed E-state index contributed by atoms with van der Waals surface area (Å²) in [5, 5.41) is 7.97. The number of H-pyrrole nitrogens is 1. The number of carbonyl (C=O) groups excluding carboxylic acids is 2. The van der Waals surface area contributed by atoms with Gasteiger partial charge in [-0.2, -0.15) is 0 Å². The summed E-state index contributed by atoms with van der Waals surface area (Å²) in [6.45, 7) is 13.6. The number of benzene rings is 3. The number of aromatic amines is 1. The summed E-state index contributed by atoms with van der Waals surface area (Å²) < 4.78 is 7.61. The highest BCUT2D eigenvalue weighted by Crippen LogP contribution is 2.35. The van der Waals surface area contributed by atoms with Crippen molar-refractivity contribution in [3.8, 4) is 0 Å². The van der Waals surface area contributed by atoms with E-state index in [1.165, 1.54) is 0 Å². The molecule has 3 heterocycles. The number of ether oxygens (including phenoxy) is 1. The maximum Gasteiger partial charge on any atom is 0.252 e. The topological polar surface area (TPSA) is 124 Å². The quantitative estimate of drug-likeness (QED) is 0.0795. The smallest absolute Gasteiger partial charge is 0.252 e. The number of hydrogen-bond donors (Lipinski definition) is 3. The molecule has 1 aliphatic carbocycles. The van der Waals surface area contributed by atoms with Crippen molar-refractivity contribution in [2.75, 3.05) is 49.7 Å². The third kappa shape index (κ3) is 11.6. The standard InChI is InChI=1S/C49H62Cl3N9O3/c1-6-60(44-26-37(52)25-43(33(44)4)49(63)56-29-47-53-19-20-59(47)30-34-9-8-10-35(50)23-34)40-13-11-39(12-14-40)58(5)31-38-28-55-46(57-38)15-18-54-48(62)42-24-36(51)27-45(32(42)3)61(7-2)41-16-21-64-22-17-41/h8-10,19-20,23-28,39-41H,6-7,11-18,21-22,29-31H2,1-5H3,(H,54,62)(H,55,57)(H,56,63). The maximum atomic E-state index is 13.7. The number of carbonyl (C=O) groups is 2. The Morgan fingerprint density at radius 1 is 0.797 bits per heavy atom. The fourth-order valence-corrected chi connectivity index (χ4v) is 10.2. The summed E-state index contributed by atoms with van der Waals surface area (Å²) in [5.41, 5.74) is 7.14. The number of nitrogens with zero attached hydrogens (tertiary/aromatic N) is 6. The summed E-state index contributed by atoms with van der Waals surface area (Å²) in [6, 6.07) is 16.4. The van der Waals surface area contributed by atoms with Gasteiger partial charge in [-0.1, -0.05) is 46.9 Å². The normalized spacial score (nSPS) is 16.8. The van der Waals surface area contributed by atoms with E-state index >= 15 is 0 Å². The van der Waals surface area contributed by atoms with Crippen molar-refractivity contribution in [2.24, 2.45) is 0 Å². The van der Waals surface area contributed by atoms with E-state index in [2.05, 4.69) is 61.2 Å². The van der Waals surface area contributed by atoms with Crippen LogP contribution in [0.5, 0.6) is 0 Å². The van der Waals surface area contributed by atoms with Crippen molar-refractivity contribution in [3.63, 3.8) is 0 Å². The van der Waals surface area contributed by atoms with Crippen LogP contribution in [-0.2, 0) is 30.8 Å². The molecule has 2 aromatic heterocycles. The SMILES string of the molecule is CCN(c1cc(Cl)cc(C(=O)NCCc2ncc(CN(C)C3CCC(N(CC)c4cc(Cl)cc(C(=O)NCc5nccn5Cc5cccc(Cl)c5)c4C)CC3)[nH]2)c1C)C1CCOCC1. The molecule has 0 bridgehead atoms. The van der Waals surface area contributed by atoms with E-state index in [0.717, 1.165) is 117 Å². The summed E-state index contributed by atoms with van der Waals surface area (Å²) >= 11 is 19.5. The molecule has 0 atom stereocenters. The van der Waals surface area contributed by atoms with Gasteiger partial charge in [-0.25, -0.2) is 9.97 Å². The largest absolute Gasteiger partial charge is 0.381 e. The molecular formula is C49H62Cl3N9O3. The van der Waals surface area contributed by atoms with Gasteiger partial charge in [-0.15, -0.1) is 0 Å². The average Bonchev–Trinajstić information content (AvgIpc) is 3.94. The van der Waals surface area contributed by atoms with Gasteiger partial charge in [0, 0.05) is 132 Å². The monoisotopic (exact) mass is 929 g/mol. The number of nitrogens with one attached hydrogen (secondary N) is 3. The molecule has 64 heavy (non-hydrogen) atoms. The van der Waals surface area contributed by atoms with E-state index in [1.54, 1.807) is 18.3 Å². The van der Waals surface area contributed by atoms with Crippen molar-refractivity contribution >= 4 is 58.0 Å². The van der Waals surface area contributed by atoms with Gasteiger partial charge in [0.15, 0.2) is 0 Å². The predicted octanol–water partition coefficient (Wildman–Crippen LogP) is 9.41. The Labute approximate surface area is 393 Å². The van der Waals surface area contributed by atoms with Gasteiger partial charge in [0.2, 0.25) is 0 Å². The van der Waals surface area contributed by atoms with Crippen LogP contribution >= 0.6 is 34.8 Å². The Hall–Kier alpha value is -4.59. The van der Waals surface area contributed by atoms with E-state index in [0.29, 0.717) is 63.8 Å². The second-order valence-corrected chi connectivity index (χ2v) is 18.4. The number of imidazole rings is 2. The lowest BCUT2D eigenvalue weighted by molar-refractivity contribution is 0.0845. The van der Waals surface area contributed by atoms with Gasteiger partial charge in [0.25, 0.3) is 11.8 Å². The van der Waals surface area contributed by atoms with Crippen molar-refractivity contribution in [1.29, 1.82) is 0 Å². The summed E-state index contributed by atoms with van der Waals surface area (Å²) in [7, 11) is 2.18. The van der Waals surface area contributed by atoms with Crippen LogP contribution in [0.25, 0.3) is 0 Å². The second-order valence-electron chi connectivity index (χ2n) is 17.1. The molecule has 1 aliphatic heterocycles. The first-order valence-corrected chi connectivity index (χ1v) is 23.8. The van der Waals surface area contributed by atoms with Crippen LogP contribution in [0.15, 0.2) is 67.1 Å². The molecule has 0 radical (unpaired) electrons. The van der Waals surface area contributed by atoms with E-state index in [-0.39, 0.29) is 18.4 Å². The highest BCUT2D eigenvalue weighted by Gasteiger charge is 2.30. The zero-order valence-electron chi connectivity index (χ0n) is 37.7. The highest BCUT2D eigenvalue weighted by atomic mass is 35.5. The lowest BCUT2D eigenvalue weighted by Gasteiger charge is -2.41. The van der Waals surface area contributed by atoms with Gasteiger partial charge in [0.05, 0.1) is 6.54 Å². The van der Waals surface area contributed by atoms with Crippen molar-refractivity contribution in [3.05, 3.63) is 127 Å². The molecule has 2 amide bonds. The Kier molecular flexibility index (Phi) is 16.3. The first-order chi connectivity index (χ1) is 30.9. The Morgan fingerprint density at radius 2 is 1.41 bits per heavy atom. The predicted molar refractivity (Wildman–Crippen MR) is 258 cm³/mol. The molecule has 1 saturated carbocycles. The number of halogens is 3. The van der Waals surface area contributed by atoms with Crippen molar-refractivity contribution in [2.45, 2.75) is 110 Å². The minimum absolute atomic E-state index is 0.133. The first-order valence-electron chi connectivity index (χ1n) is 22.7. The molecular weight excluding hydrogens is 869 g/mol. The van der Waals surface area contributed by atoms with Crippen molar-refractivity contribution < 1.29 is 14.3 Å². The number of aromatic nitrogens is 4. The number of rotatable bonds is 18. The second kappa shape index (κ2) is 22.1. The Balaban J connectivity index is 0.891. The van der Waals surface area contributed by atoms with Crippen molar-refractivity contribution in [1.82, 2.24) is 35.1 Å². The highest BCUT2D eigenvalue weighted by molar-refractivity contribution is 6.32. The fraction of sp³-hybridized carbons (Fsp3) is 0.469. The lowest BCUT2D eigenvalue weighted by atomic mass is 9.88. The van der Waals surface area contributed by atoms with Crippen LogP contribution in [0, 0.1) is 13.8 Å². The minimum atomic E-state index is -0.182. The van der Waals surface area contributed by atoms with Crippen LogP contribution in [0.1, 0.15) is 107 Å². The molecule has 342 valence electrons. The first kappa shape index (κ1) is 47.4. The summed E-state index contributed by atoms with van der Waals surface area (Å²) in [5.74, 6) is 1.28. The van der Waals surface area contributed by atoms with Gasteiger partial charge >= 0.3 is 0 Å². The van der Waals surface area contributed by atoms with Crippen LogP contribution in [0.3, 0.4) is 0 Å². The molecule has 5 aromatic rings. The van der Waals surface area contributed by atoms with Crippen LogP contribution in [0.2, 0.25) is 15.1 Å². The van der Waals surface area contributed by atoms with Gasteiger partial charge < -0.3 is 34.7 Å². The molecule has 2 fully saturated rings. The number of anilines is 2. The molecule has 1 saturated heterocycles. The van der Waals surface area contributed by atoms with Crippen LogP contribution in [0.4, 0.5) is 11.4 Å². The summed E-state index contributed by atoms with van der Waals surface area (Å²) in [6.07, 6.45) is 12.2. The molecule has 15 heteroatoms. The molecule has 7 rings (SSSR count). The van der Waals surface area contributed by atoms with Gasteiger partial charge in [0.1, 0.15) is 11.6 Å². The minimum Gasteiger partial charge on any atom is -0.381 e. The zero-order chi connectivity index (χ0) is 45.3. The molecule has 3 aromatic carbocycles. The van der Waals surface area contributed by atoms with Crippen LogP contribution in [-0.4, -0.2) is 94.3 Å². The van der Waals surface area contributed by atoms with Gasteiger partial charge in [-0.05, 0) is 126 Å². The molecule has 0 unspecified atom stereocenters. The average molecular weight is 931 g/mol. The molecule has 0 spiro atoms. The van der Waals surface area contributed by atoms with E-state index < -0.39 is 0 Å². The van der Waals surface area contributed by atoms with E-state index in [9.17, 15) is 9.59 Å². The molecule has 3 N–H and O–H groups in total. The zero-order valence-corrected chi connectivity index (χ0v) is 40.0. The maximum absolute atomic E-state index is 13.7. The van der Waals surface area contributed by atoms with Crippen LogP contribution < -0.4 is 20.4 Å². The molecule has 12 nitrogen and oxygen atoms in total. The van der Waals surface area contributed by atoms with Gasteiger partial charge in [-0.3, -0.25) is 14.5 Å². The molecule has 2 aliphatic rings. The number of amides is 2.